The molecule has 31 heavy (non-hydrogen) atoms. The first-order valence-electron chi connectivity index (χ1n) is 14.6. The van der Waals surface area contributed by atoms with E-state index in [9.17, 15) is 10.2 Å². The molecule has 2 heteroatoms. The van der Waals surface area contributed by atoms with Crippen molar-refractivity contribution in [3.63, 3.8) is 0 Å². The zero-order chi connectivity index (χ0) is 22.8. The highest BCUT2D eigenvalue weighted by molar-refractivity contribution is 4.62. The van der Waals surface area contributed by atoms with Crippen LogP contribution in [-0.4, -0.2) is 22.4 Å². The molecule has 2 nitrogen and oxygen atoms in total. The quantitative estimate of drug-likeness (QED) is 0.131. The molecule has 0 radical (unpaired) electrons. The lowest BCUT2D eigenvalue weighted by Crippen LogP contribution is -2.13. The Labute approximate surface area is 197 Å². The number of hydrogen-bond acceptors (Lipinski definition) is 2. The normalized spacial score (nSPS) is 13.5. The average Bonchev–Trinajstić information content (AvgIpc) is 2.77. The highest BCUT2D eigenvalue weighted by atomic mass is 16.3. The molecule has 2 unspecified atom stereocenters. The molecular formula is C29H60O2. The van der Waals surface area contributed by atoms with Crippen LogP contribution in [0.3, 0.4) is 0 Å². The van der Waals surface area contributed by atoms with Gasteiger partial charge in [0.2, 0.25) is 0 Å². The van der Waals surface area contributed by atoms with Crippen LogP contribution >= 0.6 is 0 Å². The largest absolute Gasteiger partial charge is 0.393 e. The summed E-state index contributed by atoms with van der Waals surface area (Å²) >= 11 is 0. The fourth-order valence-electron chi connectivity index (χ4n) is 4.59. The van der Waals surface area contributed by atoms with Gasteiger partial charge in [-0.2, -0.15) is 0 Å². The molecule has 0 heterocycles. The third-order valence-electron chi connectivity index (χ3n) is 6.86. The van der Waals surface area contributed by atoms with Crippen molar-refractivity contribution in [3.05, 3.63) is 0 Å². The molecule has 0 bridgehead atoms. The van der Waals surface area contributed by atoms with Crippen LogP contribution in [0.4, 0.5) is 0 Å². The lowest BCUT2D eigenvalue weighted by molar-refractivity contribution is 0.101. The van der Waals surface area contributed by atoms with E-state index in [4.69, 9.17) is 0 Å². The molecule has 0 aliphatic heterocycles. The molecule has 0 saturated heterocycles. The van der Waals surface area contributed by atoms with Crippen LogP contribution in [0.15, 0.2) is 0 Å². The summed E-state index contributed by atoms with van der Waals surface area (Å²) in [6.45, 7) is 4.48. The van der Waals surface area contributed by atoms with Crippen molar-refractivity contribution in [1.29, 1.82) is 0 Å². The minimum Gasteiger partial charge on any atom is -0.393 e. The van der Waals surface area contributed by atoms with Crippen LogP contribution in [0.2, 0.25) is 0 Å². The number of aliphatic hydroxyl groups is 2. The van der Waals surface area contributed by atoms with Crippen molar-refractivity contribution < 1.29 is 10.2 Å². The first-order chi connectivity index (χ1) is 15.2. The first kappa shape index (κ1) is 30.9. The summed E-state index contributed by atoms with van der Waals surface area (Å²) in [7, 11) is 0. The maximum atomic E-state index is 10.1. The van der Waals surface area contributed by atoms with E-state index in [1.54, 1.807) is 0 Å². The Bertz CT molecular complexity index is 318. The second-order valence-electron chi connectivity index (χ2n) is 10.2. The van der Waals surface area contributed by atoms with Gasteiger partial charge < -0.3 is 10.2 Å². The van der Waals surface area contributed by atoms with Gasteiger partial charge in [0.15, 0.2) is 0 Å². The third-order valence-corrected chi connectivity index (χ3v) is 6.86. The van der Waals surface area contributed by atoms with Crippen LogP contribution in [0.5, 0.6) is 0 Å². The van der Waals surface area contributed by atoms with Crippen molar-refractivity contribution in [1.82, 2.24) is 0 Å². The van der Waals surface area contributed by atoms with Gasteiger partial charge in [-0.1, -0.05) is 149 Å². The lowest BCUT2D eigenvalue weighted by Gasteiger charge is -2.14. The smallest absolute Gasteiger partial charge is 0.0541 e. The van der Waals surface area contributed by atoms with Gasteiger partial charge in [0.1, 0.15) is 0 Å². The van der Waals surface area contributed by atoms with Gasteiger partial charge in [0.25, 0.3) is 0 Å². The Hall–Kier alpha value is -0.0800. The van der Waals surface area contributed by atoms with Crippen molar-refractivity contribution in [2.75, 3.05) is 0 Å². The average molecular weight is 441 g/mol. The standard InChI is InChI=1S/C29H60O2/c1-3-5-7-8-9-10-11-12-13-14-15-16-17-18-19-20-21-23-25-29(31)27-26-28(30)24-22-6-4-2/h28-31H,3-27H2,1-2H3. The molecule has 0 amide bonds. The summed E-state index contributed by atoms with van der Waals surface area (Å²) in [6.07, 6.45) is 31.7. The Morgan fingerprint density at radius 1 is 0.323 bits per heavy atom. The molecule has 0 spiro atoms. The first-order valence-corrected chi connectivity index (χ1v) is 14.6. The molecule has 188 valence electrons. The molecule has 2 atom stereocenters. The van der Waals surface area contributed by atoms with Crippen LogP contribution in [0.25, 0.3) is 0 Å². The van der Waals surface area contributed by atoms with E-state index in [1.807, 2.05) is 0 Å². The van der Waals surface area contributed by atoms with Gasteiger partial charge in [-0.3, -0.25) is 0 Å². The molecule has 0 fully saturated rings. The van der Waals surface area contributed by atoms with Gasteiger partial charge in [-0.25, -0.2) is 0 Å². The minimum absolute atomic E-state index is 0.207. The van der Waals surface area contributed by atoms with E-state index in [1.165, 1.54) is 122 Å². The summed E-state index contributed by atoms with van der Waals surface area (Å²) in [5, 5.41) is 20.0. The van der Waals surface area contributed by atoms with Crippen LogP contribution in [0.1, 0.15) is 174 Å². The summed E-state index contributed by atoms with van der Waals surface area (Å²) in [4.78, 5) is 0. The monoisotopic (exact) mass is 440 g/mol. The second kappa shape index (κ2) is 26.2. The van der Waals surface area contributed by atoms with Crippen molar-refractivity contribution in [2.24, 2.45) is 0 Å². The molecular weight excluding hydrogens is 380 g/mol. The fourth-order valence-corrected chi connectivity index (χ4v) is 4.59. The fraction of sp³-hybridized carbons (Fsp3) is 1.00. The van der Waals surface area contributed by atoms with E-state index < -0.39 is 0 Å². The Kier molecular flexibility index (Phi) is 26.1. The number of hydrogen-bond donors (Lipinski definition) is 2. The molecule has 0 aliphatic rings. The van der Waals surface area contributed by atoms with Crippen molar-refractivity contribution >= 4 is 0 Å². The van der Waals surface area contributed by atoms with Gasteiger partial charge in [0.05, 0.1) is 12.2 Å². The van der Waals surface area contributed by atoms with E-state index in [0.29, 0.717) is 0 Å². The predicted octanol–water partition coefficient (Wildman–Crippen LogP) is 9.50. The second-order valence-corrected chi connectivity index (χ2v) is 10.2. The highest BCUT2D eigenvalue weighted by Crippen LogP contribution is 2.16. The molecule has 0 saturated carbocycles. The maximum Gasteiger partial charge on any atom is 0.0541 e. The van der Waals surface area contributed by atoms with Crippen LogP contribution < -0.4 is 0 Å². The van der Waals surface area contributed by atoms with E-state index in [0.717, 1.165) is 38.5 Å². The SMILES string of the molecule is CCCCCCCCCCCCCCCCCCCCC(O)CCC(O)CCCCC. The lowest BCUT2D eigenvalue weighted by atomic mass is 10.0. The summed E-state index contributed by atoms with van der Waals surface area (Å²) in [5.41, 5.74) is 0. The van der Waals surface area contributed by atoms with E-state index in [2.05, 4.69) is 13.8 Å². The zero-order valence-electron chi connectivity index (χ0n) is 21.7. The van der Waals surface area contributed by atoms with Crippen LogP contribution in [-0.2, 0) is 0 Å². The molecule has 0 aromatic carbocycles. The van der Waals surface area contributed by atoms with Gasteiger partial charge in [-0.15, -0.1) is 0 Å². The molecule has 0 rings (SSSR count). The number of aliphatic hydroxyl groups excluding tert-OH is 2. The topological polar surface area (TPSA) is 40.5 Å². The maximum absolute atomic E-state index is 10.1. The highest BCUT2D eigenvalue weighted by Gasteiger charge is 2.09. The van der Waals surface area contributed by atoms with Crippen molar-refractivity contribution in [3.8, 4) is 0 Å². The summed E-state index contributed by atoms with van der Waals surface area (Å²) in [5.74, 6) is 0. The van der Waals surface area contributed by atoms with E-state index >= 15 is 0 Å². The van der Waals surface area contributed by atoms with Gasteiger partial charge >= 0.3 is 0 Å². The predicted molar refractivity (Wildman–Crippen MR) is 139 cm³/mol. The Morgan fingerprint density at radius 2 is 0.548 bits per heavy atom. The molecule has 0 aromatic rings. The van der Waals surface area contributed by atoms with Crippen molar-refractivity contribution in [2.45, 2.75) is 187 Å². The Morgan fingerprint density at radius 3 is 0.871 bits per heavy atom. The van der Waals surface area contributed by atoms with Gasteiger partial charge in [-0.05, 0) is 25.7 Å². The van der Waals surface area contributed by atoms with Crippen LogP contribution in [0, 0.1) is 0 Å². The molecule has 2 N–H and O–H groups in total. The van der Waals surface area contributed by atoms with E-state index in [-0.39, 0.29) is 12.2 Å². The summed E-state index contributed by atoms with van der Waals surface area (Å²) < 4.78 is 0. The molecule has 0 aliphatic carbocycles. The zero-order valence-corrected chi connectivity index (χ0v) is 21.7. The van der Waals surface area contributed by atoms with Gasteiger partial charge in [0, 0.05) is 0 Å². The Balaban J connectivity index is 3.17. The third kappa shape index (κ3) is 26.1. The number of unbranched alkanes of at least 4 members (excludes halogenated alkanes) is 19. The summed E-state index contributed by atoms with van der Waals surface area (Å²) in [6, 6.07) is 0. The molecule has 0 aromatic heterocycles. The minimum atomic E-state index is -0.207. The number of rotatable bonds is 26.